The first-order valence-corrected chi connectivity index (χ1v) is 7.03. The highest BCUT2D eigenvalue weighted by Gasteiger charge is 2.18. The van der Waals surface area contributed by atoms with Crippen LogP contribution in [0.5, 0.6) is 0 Å². The van der Waals surface area contributed by atoms with E-state index in [-0.39, 0.29) is 30.6 Å². The minimum atomic E-state index is -0.477. The minimum Gasteiger partial charge on any atom is -0.397 e. The van der Waals surface area contributed by atoms with Crippen LogP contribution >= 0.6 is 0 Å². The monoisotopic (exact) mass is 333 g/mol. The molecule has 11 nitrogen and oxygen atoms in total. The Bertz CT molecular complexity index is 789. The van der Waals surface area contributed by atoms with Crippen molar-refractivity contribution in [3.05, 3.63) is 23.8 Å². The number of amidine groups is 1. The minimum absolute atomic E-state index is 0.000936. The summed E-state index contributed by atoms with van der Waals surface area (Å²) in [6, 6.07) is 1.52. The molecule has 0 saturated carbocycles. The summed E-state index contributed by atoms with van der Waals surface area (Å²) in [6.45, 7) is 0.214. The van der Waals surface area contributed by atoms with E-state index in [0.29, 0.717) is 11.4 Å². The van der Waals surface area contributed by atoms with Gasteiger partial charge in [0.2, 0.25) is 11.8 Å². The summed E-state index contributed by atoms with van der Waals surface area (Å²) >= 11 is 0. The molecular weight excluding hydrogens is 314 g/mol. The number of amides is 2. The molecule has 0 radical (unpaired) electrons. The molecule has 128 valence electrons. The van der Waals surface area contributed by atoms with Crippen molar-refractivity contribution >= 4 is 29.3 Å². The zero-order valence-corrected chi connectivity index (χ0v) is 13.3. The van der Waals surface area contributed by atoms with E-state index in [0.717, 1.165) is 0 Å². The standard InChI is InChI=1S/C13H19N9O2/c1-21-6-7(14)5-8(21)11(23)19-13-18-10(22(2)20-13)12(24)17-4-3-9(15)16/h5-6H,3-4,14H2,1-2H3,(H3,15,16)(H,17,24)(H,19,20,23). The number of rotatable bonds is 6. The largest absolute Gasteiger partial charge is 0.397 e. The van der Waals surface area contributed by atoms with Crippen molar-refractivity contribution in [1.29, 1.82) is 5.41 Å². The van der Waals surface area contributed by atoms with Gasteiger partial charge in [-0.05, 0) is 6.07 Å². The van der Waals surface area contributed by atoms with Crippen molar-refractivity contribution in [2.24, 2.45) is 19.8 Å². The number of nitrogens with one attached hydrogen (secondary N) is 3. The maximum Gasteiger partial charge on any atom is 0.288 e. The van der Waals surface area contributed by atoms with Gasteiger partial charge in [0.1, 0.15) is 5.69 Å². The third-order valence-corrected chi connectivity index (χ3v) is 3.13. The van der Waals surface area contributed by atoms with Crippen LogP contribution in [-0.4, -0.2) is 43.5 Å². The van der Waals surface area contributed by atoms with Crippen molar-refractivity contribution < 1.29 is 9.59 Å². The summed E-state index contributed by atoms with van der Waals surface area (Å²) in [4.78, 5) is 28.2. The van der Waals surface area contributed by atoms with E-state index in [1.807, 2.05) is 0 Å². The van der Waals surface area contributed by atoms with Gasteiger partial charge in [-0.25, -0.2) is 4.68 Å². The number of carbonyl (C=O) groups excluding carboxylic acids is 2. The highest BCUT2D eigenvalue weighted by Crippen LogP contribution is 2.11. The number of carbonyl (C=O) groups is 2. The molecular formula is C13H19N9O2. The molecule has 2 amide bonds. The van der Waals surface area contributed by atoms with Gasteiger partial charge in [-0.1, -0.05) is 0 Å². The van der Waals surface area contributed by atoms with Crippen LogP contribution in [0.1, 0.15) is 27.5 Å². The average Bonchev–Trinajstić information content (AvgIpc) is 3.00. The van der Waals surface area contributed by atoms with Gasteiger partial charge in [-0.3, -0.25) is 20.3 Å². The van der Waals surface area contributed by atoms with Gasteiger partial charge in [-0.2, -0.15) is 4.98 Å². The molecule has 11 heteroatoms. The molecule has 2 heterocycles. The summed E-state index contributed by atoms with van der Waals surface area (Å²) < 4.78 is 2.82. The van der Waals surface area contributed by atoms with Gasteiger partial charge in [0.25, 0.3) is 11.8 Å². The lowest BCUT2D eigenvalue weighted by molar-refractivity contribution is 0.0939. The quantitative estimate of drug-likeness (QED) is 0.337. The third-order valence-electron chi connectivity index (χ3n) is 3.13. The number of nitrogen functional groups attached to an aromatic ring is 1. The third kappa shape index (κ3) is 3.88. The highest BCUT2D eigenvalue weighted by molar-refractivity contribution is 6.03. The van der Waals surface area contributed by atoms with Crippen LogP contribution in [0.2, 0.25) is 0 Å². The molecule has 0 bridgehead atoms. The van der Waals surface area contributed by atoms with Crippen LogP contribution in [0, 0.1) is 5.41 Å². The first-order chi connectivity index (χ1) is 11.3. The summed E-state index contributed by atoms with van der Waals surface area (Å²) in [5.41, 5.74) is 11.6. The van der Waals surface area contributed by atoms with Gasteiger partial charge in [0.15, 0.2) is 0 Å². The first kappa shape index (κ1) is 17.0. The van der Waals surface area contributed by atoms with E-state index in [4.69, 9.17) is 16.9 Å². The van der Waals surface area contributed by atoms with Crippen LogP contribution in [0.15, 0.2) is 12.3 Å². The van der Waals surface area contributed by atoms with Crippen LogP contribution in [-0.2, 0) is 14.1 Å². The molecule has 0 aliphatic rings. The summed E-state index contributed by atoms with van der Waals surface area (Å²) in [7, 11) is 3.22. The number of aromatic nitrogens is 4. The molecule has 0 unspecified atom stereocenters. The molecule has 24 heavy (non-hydrogen) atoms. The maximum absolute atomic E-state index is 12.2. The van der Waals surface area contributed by atoms with Gasteiger partial charge >= 0.3 is 0 Å². The Kier molecular flexibility index (Phi) is 4.82. The molecule has 2 rings (SSSR count). The predicted octanol–water partition coefficient (Wildman–Crippen LogP) is -0.956. The van der Waals surface area contributed by atoms with Gasteiger partial charge in [0, 0.05) is 33.3 Å². The molecule has 2 aromatic rings. The van der Waals surface area contributed by atoms with Crippen molar-refractivity contribution in [1.82, 2.24) is 24.6 Å². The average molecular weight is 333 g/mol. The fourth-order valence-electron chi connectivity index (χ4n) is 2.01. The van der Waals surface area contributed by atoms with Crippen LogP contribution in [0.3, 0.4) is 0 Å². The van der Waals surface area contributed by atoms with Crippen molar-refractivity contribution in [3.63, 3.8) is 0 Å². The maximum atomic E-state index is 12.2. The van der Waals surface area contributed by atoms with Crippen LogP contribution < -0.4 is 22.1 Å². The molecule has 2 aromatic heterocycles. The second-order valence-corrected chi connectivity index (χ2v) is 5.14. The second kappa shape index (κ2) is 6.81. The number of hydrogen-bond acceptors (Lipinski definition) is 6. The van der Waals surface area contributed by atoms with Crippen LogP contribution in [0.4, 0.5) is 11.6 Å². The number of aryl methyl sites for hydroxylation is 2. The van der Waals surface area contributed by atoms with E-state index in [9.17, 15) is 9.59 Å². The van der Waals surface area contributed by atoms with Gasteiger partial charge in [0.05, 0.1) is 11.5 Å². The van der Waals surface area contributed by atoms with Gasteiger partial charge in [-0.15, -0.1) is 5.10 Å². The molecule has 0 atom stereocenters. The summed E-state index contributed by atoms with van der Waals surface area (Å²) in [5.74, 6) is -0.916. The Labute approximate surface area is 137 Å². The zero-order valence-electron chi connectivity index (χ0n) is 13.3. The molecule has 0 spiro atoms. The van der Waals surface area contributed by atoms with Crippen molar-refractivity contribution in [2.45, 2.75) is 6.42 Å². The van der Waals surface area contributed by atoms with E-state index < -0.39 is 11.8 Å². The molecule has 0 aliphatic carbocycles. The molecule has 0 fully saturated rings. The summed E-state index contributed by atoms with van der Waals surface area (Å²) in [6.07, 6.45) is 1.84. The Hall–Kier alpha value is -3.37. The van der Waals surface area contributed by atoms with E-state index in [2.05, 4.69) is 20.7 Å². The fraction of sp³-hybridized carbons (Fsp3) is 0.308. The Morgan fingerprint density at radius 2 is 2.04 bits per heavy atom. The Morgan fingerprint density at radius 3 is 2.62 bits per heavy atom. The molecule has 0 saturated heterocycles. The zero-order chi connectivity index (χ0) is 17.9. The number of hydrogen-bond donors (Lipinski definition) is 5. The topological polar surface area (TPSA) is 170 Å². The van der Waals surface area contributed by atoms with Crippen LogP contribution in [0.25, 0.3) is 0 Å². The Morgan fingerprint density at radius 1 is 1.33 bits per heavy atom. The highest BCUT2D eigenvalue weighted by atomic mass is 16.2. The van der Waals surface area contributed by atoms with Crippen molar-refractivity contribution in [3.8, 4) is 0 Å². The first-order valence-electron chi connectivity index (χ1n) is 7.03. The number of nitrogens with zero attached hydrogens (tertiary/aromatic N) is 4. The fourth-order valence-corrected chi connectivity index (χ4v) is 2.01. The lowest BCUT2D eigenvalue weighted by atomic mass is 10.4. The van der Waals surface area contributed by atoms with Gasteiger partial charge < -0.3 is 21.4 Å². The smallest absolute Gasteiger partial charge is 0.288 e. The lowest BCUT2D eigenvalue weighted by Gasteiger charge is -2.02. The van der Waals surface area contributed by atoms with E-state index >= 15 is 0 Å². The lowest BCUT2D eigenvalue weighted by Crippen LogP contribution is -2.29. The number of nitrogens with two attached hydrogens (primary N) is 2. The molecule has 0 aliphatic heterocycles. The SMILES string of the molecule is Cn1cc(N)cc1C(=O)Nc1nc(C(=O)NCCC(=N)N)n(C)n1. The normalized spacial score (nSPS) is 10.4. The molecule has 7 N–H and O–H groups in total. The van der Waals surface area contributed by atoms with E-state index in [1.165, 1.54) is 17.8 Å². The number of anilines is 2. The predicted molar refractivity (Wildman–Crippen MR) is 87.6 cm³/mol. The Balaban J connectivity index is 2.05. The molecule has 0 aromatic carbocycles. The second-order valence-electron chi connectivity index (χ2n) is 5.14. The van der Waals surface area contributed by atoms with E-state index in [1.54, 1.807) is 17.8 Å². The van der Waals surface area contributed by atoms with Crippen molar-refractivity contribution in [2.75, 3.05) is 17.6 Å². The summed E-state index contributed by atoms with van der Waals surface area (Å²) in [5, 5.41) is 16.2.